The van der Waals surface area contributed by atoms with E-state index in [0.29, 0.717) is 5.82 Å². The molecule has 1 unspecified atom stereocenters. The van der Waals surface area contributed by atoms with Crippen molar-refractivity contribution < 1.29 is 5.11 Å². The minimum absolute atomic E-state index is 0.239. The van der Waals surface area contributed by atoms with Crippen LogP contribution in [0.2, 0.25) is 0 Å². The summed E-state index contributed by atoms with van der Waals surface area (Å²) in [5, 5.41) is 19.9. The summed E-state index contributed by atoms with van der Waals surface area (Å²) in [6.07, 6.45) is 7.25. The minimum atomic E-state index is -0.916. The summed E-state index contributed by atoms with van der Waals surface area (Å²) < 4.78 is 1.90. The maximum absolute atomic E-state index is 11.0. The number of aliphatic hydroxyl groups is 1. The molecule has 1 saturated carbocycles. The molecule has 3 aromatic rings. The summed E-state index contributed by atoms with van der Waals surface area (Å²) >= 11 is 0. The number of fused-ring (bicyclic) bond motifs is 1. The molecule has 7 heteroatoms. The summed E-state index contributed by atoms with van der Waals surface area (Å²) in [4.78, 5) is 8.61. The van der Waals surface area contributed by atoms with Crippen LogP contribution in [0.3, 0.4) is 0 Å². The Morgan fingerprint density at radius 2 is 1.70 bits per heavy atom. The molecule has 30 heavy (non-hydrogen) atoms. The summed E-state index contributed by atoms with van der Waals surface area (Å²) in [5.41, 5.74) is 8.36. The van der Waals surface area contributed by atoms with Crippen LogP contribution in [-0.2, 0) is 5.54 Å². The smallest absolute Gasteiger partial charge is 0.164 e. The third kappa shape index (κ3) is 3.86. The number of nitrogens with two attached hydrogens (primary N) is 1. The zero-order chi connectivity index (χ0) is 21.5. The number of benzene rings is 1. The quantitative estimate of drug-likeness (QED) is 0.548. The highest BCUT2D eigenvalue weighted by atomic mass is 16.3. The van der Waals surface area contributed by atoms with Crippen LogP contribution in [0, 0.1) is 5.92 Å². The summed E-state index contributed by atoms with van der Waals surface area (Å²) in [6, 6.07) is 7.96. The van der Waals surface area contributed by atoms with E-state index in [0.717, 1.165) is 40.8 Å². The van der Waals surface area contributed by atoms with Gasteiger partial charge in [-0.25, -0.2) is 14.6 Å². The van der Waals surface area contributed by atoms with Gasteiger partial charge in [0.25, 0.3) is 0 Å². The van der Waals surface area contributed by atoms with Crippen molar-refractivity contribution in [2.75, 3.05) is 11.1 Å². The Bertz CT molecular complexity index is 1030. The van der Waals surface area contributed by atoms with Crippen molar-refractivity contribution in [2.45, 2.75) is 71.1 Å². The minimum Gasteiger partial charge on any atom is -0.383 e. The molecule has 0 bridgehead atoms. The molecule has 1 atom stereocenters. The molecular weight excluding hydrogens is 376 g/mol. The Morgan fingerprint density at radius 1 is 1.03 bits per heavy atom. The fourth-order valence-corrected chi connectivity index (χ4v) is 4.41. The Balaban J connectivity index is 1.66. The van der Waals surface area contributed by atoms with E-state index in [1.54, 1.807) is 0 Å². The molecule has 1 aliphatic rings. The lowest BCUT2D eigenvalue weighted by molar-refractivity contribution is 0.00951. The van der Waals surface area contributed by atoms with Crippen LogP contribution in [0.4, 0.5) is 11.5 Å². The Morgan fingerprint density at radius 3 is 2.33 bits per heavy atom. The van der Waals surface area contributed by atoms with E-state index in [2.05, 4.69) is 36.1 Å². The maximum Gasteiger partial charge on any atom is 0.164 e. The van der Waals surface area contributed by atoms with Crippen molar-refractivity contribution in [3.05, 3.63) is 30.6 Å². The lowest BCUT2D eigenvalue weighted by Gasteiger charge is -2.37. The number of nitrogens with one attached hydrogen (secondary N) is 1. The predicted octanol–water partition coefficient (Wildman–Crippen LogP) is 4.53. The lowest BCUT2D eigenvalue weighted by Crippen LogP contribution is -2.43. The van der Waals surface area contributed by atoms with Gasteiger partial charge in [-0.3, -0.25) is 0 Å². The molecule has 0 aliphatic heterocycles. The standard InChI is InChI=1S/C23H32N6O/c1-22(2,3)29-21-18(20(24)25-14-26-21)19(28-29)15-10-12-17(13-11-15)27-23(4,30)16-8-6-5-7-9-16/h10-14,16,27,30H,5-9H2,1-4H3,(H2,24,25,26). The number of hydrogen-bond acceptors (Lipinski definition) is 6. The zero-order valence-corrected chi connectivity index (χ0v) is 18.3. The van der Waals surface area contributed by atoms with Gasteiger partial charge in [0.2, 0.25) is 0 Å². The second-order valence-electron chi connectivity index (χ2n) is 9.57. The van der Waals surface area contributed by atoms with E-state index in [9.17, 15) is 5.11 Å². The van der Waals surface area contributed by atoms with Crippen LogP contribution in [0.25, 0.3) is 22.3 Å². The number of hydrogen-bond donors (Lipinski definition) is 3. The molecular formula is C23H32N6O. The number of nitrogens with zero attached hydrogens (tertiary/aromatic N) is 4. The summed E-state index contributed by atoms with van der Waals surface area (Å²) in [5.74, 6) is 0.697. The third-order valence-corrected chi connectivity index (χ3v) is 6.09. The van der Waals surface area contributed by atoms with Crippen molar-refractivity contribution in [3.63, 3.8) is 0 Å². The first-order valence-electron chi connectivity index (χ1n) is 10.8. The van der Waals surface area contributed by atoms with Crippen LogP contribution >= 0.6 is 0 Å². The van der Waals surface area contributed by atoms with Gasteiger partial charge in [0.15, 0.2) is 5.65 Å². The van der Waals surface area contributed by atoms with Gasteiger partial charge in [-0.05, 0) is 52.7 Å². The number of nitrogen functional groups attached to an aromatic ring is 1. The van der Waals surface area contributed by atoms with Crippen LogP contribution in [-0.4, -0.2) is 30.6 Å². The highest BCUT2D eigenvalue weighted by molar-refractivity contribution is 5.98. The third-order valence-electron chi connectivity index (χ3n) is 6.09. The van der Waals surface area contributed by atoms with Gasteiger partial charge in [0, 0.05) is 17.2 Å². The predicted molar refractivity (Wildman–Crippen MR) is 121 cm³/mol. The van der Waals surface area contributed by atoms with Crippen LogP contribution < -0.4 is 11.1 Å². The molecule has 0 saturated heterocycles. The van der Waals surface area contributed by atoms with Gasteiger partial charge < -0.3 is 16.2 Å². The normalized spacial score (nSPS) is 17.8. The molecule has 2 heterocycles. The maximum atomic E-state index is 11.0. The van der Waals surface area contributed by atoms with Gasteiger partial charge >= 0.3 is 0 Å². The summed E-state index contributed by atoms with van der Waals surface area (Å²) in [7, 11) is 0. The van der Waals surface area contributed by atoms with Gasteiger partial charge in [0.05, 0.1) is 10.9 Å². The van der Waals surface area contributed by atoms with E-state index >= 15 is 0 Å². The van der Waals surface area contributed by atoms with Crippen LogP contribution in [0.5, 0.6) is 0 Å². The monoisotopic (exact) mass is 408 g/mol. The Hall–Kier alpha value is -2.67. The van der Waals surface area contributed by atoms with E-state index in [-0.39, 0.29) is 11.5 Å². The first kappa shape index (κ1) is 20.6. The molecule has 0 radical (unpaired) electrons. The lowest BCUT2D eigenvalue weighted by atomic mass is 9.82. The first-order valence-corrected chi connectivity index (χ1v) is 10.8. The number of rotatable bonds is 4. The molecule has 0 amide bonds. The first-order chi connectivity index (χ1) is 14.2. The molecule has 160 valence electrons. The van der Waals surface area contributed by atoms with Gasteiger partial charge in [-0.15, -0.1) is 0 Å². The fourth-order valence-electron chi connectivity index (χ4n) is 4.41. The average Bonchev–Trinajstić information content (AvgIpc) is 3.11. The van der Waals surface area contributed by atoms with Crippen molar-refractivity contribution >= 4 is 22.5 Å². The van der Waals surface area contributed by atoms with Gasteiger partial charge in [0.1, 0.15) is 23.6 Å². The highest BCUT2D eigenvalue weighted by Gasteiger charge is 2.32. The summed E-state index contributed by atoms with van der Waals surface area (Å²) in [6.45, 7) is 8.14. The Labute approximate surface area is 177 Å². The van der Waals surface area contributed by atoms with Gasteiger partial charge in [-0.2, -0.15) is 5.10 Å². The molecule has 2 aromatic heterocycles. The van der Waals surface area contributed by atoms with Crippen molar-refractivity contribution in [1.29, 1.82) is 0 Å². The molecule has 1 aromatic carbocycles. The van der Waals surface area contributed by atoms with Crippen LogP contribution in [0.1, 0.15) is 59.8 Å². The average molecular weight is 409 g/mol. The molecule has 0 spiro atoms. The molecule has 4 rings (SSSR count). The molecule has 1 fully saturated rings. The Kier molecular flexibility index (Phi) is 5.18. The second kappa shape index (κ2) is 7.54. The van der Waals surface area contributed by atoms with Crippen LogP contribution in [0.15, 0.2) is 30.6 Å². The highest BCUT2D eigenvalue weighted by Crippen LogP contribution is 2.35. The van der Waals surface area contributed by atoms with Crippen molar-refractivity contribution in [3.8, 4) is 11.3 Å². The number of anilines is 2. The SMILES string of the molecule is CC(O)(Nc1ccc(-c2nn(C(C)(C)C)c3ncnc(N)c23)cc1)C1CCCCC1. The second-order valence-corrected chi connectivity index (χ2v) is 9.57. The largest absolute Gasteiger partial charge is 0.383 e. The van der Waals surface area contributed by atoms with E-state index < -0.39 is 5.72 Å². The van der Waals surface area contributed by atoms with Crippen molar-refractivity contribution in [1.82, 2.24) is 19.7 Å². The van der Waals surface area contributed by atoms with Gasteiger partial charge in [-0.1, -0.05) is 31.4 Å². The van der Waals surface area contributed by atoms with E-state index in [4.69, 9.17) is 10.8 Å². The zero-order valence-electron chi connectivity index (χ0n) is 18.3. The topological polar surface area (TPSA) is 102 Å². The van der Waals surface area contributed by atoms with E-state index in [1.807, 2.05) is 35.9 Å². The fraction of sp³-hybridized carbons (Fsp3) is 0.522. The molecule has 4 N–H and O–H groups in total. The molecule has 7 nitrogen and oxygen atoms in total. The van der Waals surface area contributed by atoms with Crippen molar-refractivity contribution in [2.24, 2.45) is 5.92 Å². The molecule has 1 aliphatic carbocycles. The number of aromatic nitrogens is 4. The van der Waals surface area contributed by atoms with E-state index in [1.165, 1.54) is 25.6 Å².